The van der Waals surface area contributed by atoms with Gasteiger partial charge in [-0.25, -0.2) is 0 Å². The molecule has 0 radical (unpaired) electrons. The van der Waals surface area contributed by atoms with Crippen LogP contribution in [0.2, 0.25) is 5.02 Å². The topological polar surface area (TPSA) is 67.4 Å². The first-order valence-electron chi connectivity index (χ1n) is 9.00. The van der Waals surface area contributed by atoms with E-state index in [2.05, 4.69) is 10.6 Å². The Labute approximate surface area is 173 Å². The van der Waals surface area contributed by atoms with Crippen molar-refractivity contribution >= 4 is 40.9 Å². The molecule has 0 spiro atoms. The number of amides is 2. The van der Waals surface area contributed by atoms with Crippen molar-refractivity contribution < 1.29 is 14.3 Å². The minimum absolute atomic E-state index is 0.255. The Balaban J connectivity index is 1.45. The predicted molar refractivity (Wildman–Crippen MR) is 114 cm³/mol. The molecule has 29 heavy (non-hydrogen) atoms. The molecule has 5 nitrogen and oxygen atoms in total. The van der Waals surface area contributed by atoms with Crippen molar-refractivity contribution in [3.63, 3.8) is 0 Å². The average molecular weight is 405 g/mol. The molecule has 0 aliphatic carbocycles. The van der Waals surface area contributed by atoms with Crippen molar-refractivity contribution in [2.24, 2.45) is 0 Å². The normalized spacial score (nSPS) is 15.3. The Morgan fingerprint density at radius 3 is 2.55 bits per heavy atom. The lowest BCUT2D eigenvalue weighted by Gasteiger charge is -2.26. The summed E-state index contributed by atoms with van der Waals surface area (Å²) in [7, 11) is 0. The van der Waals surface area contributed by atoms with Crippen molar-refractivity contribution in [3.8, 4) is 5.75 Å². The van der Waals surface area contributed by atoms with E-state index in [-0.39, 0.29) is 11.8 Å². The van der Waals surface area contributed by atoms with Gasteiger partial charge in [0.15, 0.2) is 0 Å². The molecule has 144 valence electrons. The molecule has 1 aliphatic rings. The third-order valence-corrected chi connectivity index (χ3v) is 4.64. The molecular weight excluding hydrogens is 388 g/mol. The quantitative estimate of drug-likeness (QED) is 0.597. The number of hydrogen-bond acceptors (Lipinski definition) is 3. The van der Waals surface area contributed by atoms with Crippen molar-refractivity contribution in [3.05, 3.63) is 95.0 Å². The number of fused-ring (bicyclic) bond motifs is 1. The number of ether oxygens (including phenoxy) is 1. The van der Waals surface area contributed by atoms with Crippen LogP contribution in [-0.2, 0) is 9.59 Å². The summed E-state index contributed by atoms with van der Waals surface area (Å²) in [4.78, 5) is 24.6. The third kappa shape index (κ3) is 4.47. The summed E-state index contributed by atoms with van der Waals surface area (Å²) in [5.41, 5.74) is 2.71. The fraction of sp³-hybridized carbons (Fsp3) is 0.0435. The summed E-state index contributed by atoms with van der Waals surface area (Å²) in [6.45, 7) is 0. The summed E-state index contributed by atoms with van der Waals surface area (Å²) < 4.78 is 5.86. The van der Waals surface area contributed by atoms with Crippen LogP contribution in [0.25, 0.3) is 6.08 Å². The molecule has 1 atom stereocenters. The van der Waals surface area contributed by atoms with Crippen molar-refractivity contribution in [2.75, 3.05) is 10.6 Å². The maximum Gasteiger partial charge on any atom is 0.270 e. The van der Waals surface area contributed by atoms with Crippen LogP contribution in [0.15, 0.2) is 78.9 Å². The molecule has 1 unspecified atom stereocenters. The van der Waals surface area contributed by atoms with E-state index in [4.69, 9.17) is 16.3 Å². The molecule has 0 bridgehead atoms. The highest BCUT2D eigenvalue weighted by Crippen LogP contribution is 2.36. The lowest BCUT2D eigenvalue weighted by atomic mass is 10.1. The number of halogens is 1. The van der Waals surface area contributed by atoms with Crippen molar-refractivity contribution in [1.82, 2.24) is 0 Å². The Morgan fingerprint density at radius 1 is 1.03 bits per heavy atom. The molecule has 0 saturated carbocycles. The fourth-order valence-electron chi connectivity index (χ4n) is 2.96. The predicted octanol–water partition coefficient (Wildman–Crippen LogP) is 5.06. The number of hydrogen-bond donors (Lipinski definition) is 2. The van der Waals surface area contributed by atoms with Crippen LogP contribution in [0.4, 0.5) is 11.4 Å². The van der Waals surface area contributed by atoms with E-state index >= 15 is 0 Å². The monoisotopic (exact) mass is 404 g/mol. The second kappa shape index (κ2) is 8.20. The molecule has 4 rings (SSSR count). The zero-order valence-corrected chi connectivity index (χ0v) is 16.0. The Hall–Kier alpha value is -3.57. The van der Waals surface area contributed by atoms with Crippen LogP contribution in [0, 0.1) is 0 Å². The molecule has 2 N–H and O–H groups in total. The average Bonchev–Trinajstić information content (AvgIpc) is 2.73. The second-order valence-electron chi connectivity index (χ2n) is 6.48. The SMILES string of the molecule is O=C(/C=C/c1ccc(Cl)cc1)Nc1ccc2c(c1)NC(=O)C(c1ccccc1)O2. The molecule has 2 amide bonds. The van der Waals surface area contributed by atoms with Gasteiger partial charge in [0.2, 0.25) is 12.0 Å². The minimum atomic E-state index is -0.702. The van der Waals surface area contributed by atoms with Crippen LogP contribution in [0.5, 0.6) is 5.75 Å². The lowest BCUT2D eigenvalue weighted by Crippen LogP contribution is -2.30. The molecule has 0 aromatic heterocycles. The zero-order valence-electron chi connectivity index (χ0n) is 15.3. The number of carbonyl (C=O) groups excluding carboxylic acids is 2. The number of rotatable bonds is 4. The molecule has 1 aliphatic heterocycles. The van der Waals surface area contributed by atoms with Crippen LogP contribution in [0.1, 0.15) is 17.2 Å². The fourth-order valence-corrected chi connectivity index (χ4v) is 3.09. The zero-order chi connectivity index (χ0) is 20.2. The second-order valence-corrected chi connectivity index (χ2v) is 6.92. The summed E-state index contributed by atoms with van der Waals surface area (Å²) in [5.74, 6) is 0.00749. The summed E-state index contributed by atoms with van der Waals surface area (Å²) in [5, 5.41) is 6.25. The Bertz CT molecular complexity index is 1080. The van der Waals surface area contributed by atoms with Crippen LogP contribution in [0.3, 0.4) is 0 Å². The Kier molecular flexibility index (Phi) is 5.31. The third-order valence-electron chi connectivity index (χ3n) is 4.39. The molecular formula is C23H17ClN2O3. The molecule has 3 aromatic rings. The van der Waals surface area contributed by atoms with E-state index in [1.165, 1.54) is 6.08 Å². The molecule has 1 heterocycles. The maximum absolute atomic E-state index is 12.4. The van der Waals surface area contributed by atoms with Gasteiger partial charge in [-0.3, -0.25) is 9.59 Å². The van der Waals surface area contributed by atoms with Gasteiger partial charge in [-0.15, -0.1) is 0 Å². The van der Waals surface area contributed by atoms with E-state index in [0.29, 0.717) is 22.1 Å². The van der Waals surface area contributed by atoms with Gasteiger partial charge in [-0.2, -0.15) is 0 Å². The largest absolute Gasteiger partial charge is 0.474 e. The Morgan fingerprint density at radius 2 is 1.79 bits per heavy atom. The summed E-state index contributed by atoms with van der Waals surface area (Å²) in [6, 6.07) is 21.6. The molecule has 0 saturated heterocycles. The van der Waals surface area contributed by atoms with Gasteiger partial charge in [0.25, 0.3) is 5.91 Å². The van der Waals surface area contributed by atoms with E-state index in [9.17, 15) is 9.59 Å². The number of carbonyl (C=O) groups is 2. The summed E-state index contributed by atoms with van der Waals surface area (Å²) in [6.07, 6.45) is 2.43. The molecule has 0 fully saturated rings. The number of benzene rings is 3. The van der Waals surface area contributed by atoms with Gasteiger partial charge in [0.1, 0.15) is 5.75 Å². The van der Waals surface area contributed by atoms with Gasteiger partial charge in [0.05, 0.1) is 5.69 Å². The van der Waals surface area contributed by atoms with Crippen molar-refractivity contribution in [1.29, 1.82) is 0 Å². The first kappa shape index (κ1) is 18.8. The number of anilines is 2. The highest BCUT2D eigenvalue weighted by Gasteiger charge is 2.29. The number of nitrogens with one attached hydrogen (secondary N) is 2. The van der Waals surface area contributed by atoms with Gasteiger partial charge in [0, 0.05) is 22.3 Å². The molecule has 6 heteroatoms. The van der Waals surface area contributed by atoms with Gasteiger partial charge in [-0.1, -0.05) is 54.1 Å². The van der Waals surface area contributed by atoms with E-state index in [0.717, 1.165) is 11.1 Å². The van der Waals surface area contributed by atoms with Gasteiger partial charge in [-0.05, 0) is 42.0 Å². The van der Waals surface area contributed by atoms with Gasteiger partial charge >= 0.3 is 0 Å². The van der Waals surface area contributed by atoms with Crippen LogP contribution in [-0.4, -0.2) is 11.8 Å². The van der Waals surface area contributed by atoms with E-state index in [1.807, 2.05) is 42.5 Å². The van der Waals surface area contributed by atoms with Crippen LogP contribution < -0.4 is 15.4 Å². The van der Waals surface area contributed by atoms with Crippen LogP contribution >= 0.6 is 11.6 Å². The van der Waals surface area contributed by atoms with E-state index in [1.54, 1.807) is 36.4 Å². The standard InChI is InChI=1S/C23H17ClN2O3/c24-17-9-6-15(7-10-17)8-13-21(27)25-18-11-12-20-19(14-18)26-23(28)22(29-20)16-4-2-1-3-5-16/h1-14,22H,(H,25,27)(H,26,28)/b13-8+. The highest BCUT2D eigenvalue weighted by molar-refractivity contribution is 6.30. The molecule has 3 aromatic carbocycles. The smallest absolute Gasteiger partial charge is 0.270 e. The highest BCUT2D eigenvalue weighted by atomic mass is 35.5. The minimum Gasteiger partial charge on any atom is -0.474 e. The van der Waals surface area contributed by atoms with E-state index < -0.39 is 6.10 Å². The maximum atomic E-state index is 12.4. The lowest BCUT2D eigenvalue weighted by molar-refractivity contribution is -0.123. The first-order chi connectivity index (χ1) is 14.1. The first-order valence-corrected chi connectivity index (χ1v) is 9.37. The van der Waals surface area contributed by atoms with Crippen molar-refractivity contribution in [2.45, 2.75) is 6.10 Å². The summed E-state index contributed by atoms with van der Waals surface area (Å²) >= 11 is 5.85. The van der Waals surface area contributed by atoms with Gasteiger partial charge < -0.3 is 15.4 Å².